The molecule has 1 atom stereocenters. The van der Waals surface area contributed by atoms with Crippen LogP contribution in [-0.2, 0) is 32.6 Å². The van der Waals surface area contributed by atoms with E-state index in [1.165, 1.54) is 0 Å². The van der Waals surface area contributed by atoms with Crippen molar-refractivity contribution in [1.29, 1.82) is 0 Å². The average molecular weight is 602 g/mol. The fourth-order valence-corrected chi connectivity index (χ4v) is 5.76. The Kier molecular flexibility index (Phi) is 8.92. The molecule has 1 aliphatic heterocycles. The molecule has 3 aromatic rings. The van der Waals surface area contributed by atoms with Gasteiger partial charge in [0.05, 0.1) is 24.2 Å². The van der Waals surface area contributed by atoms with Gasteiger partial charge in [-0.15, -0.1) is 0 Å². The minimum atomic E-state index is -3.77. The van der Waals surface area contributed by atoms with Crippen LogP contribution < -0.4 is 14.2 Å². The molecule has 0 amide bonds. The Balaban J connectivity index is 2.01. The Hall–Kier alpha value is -3.27. The van der Waals surface area contributed by atoms with Crippen LogP contribution in [0.2, 0.25) is 5.02 Å². The monoisotopic (exact) mass is 601 g/mol. The molecule has 0 spiro atoms. The van der Waals surface area contributed by atoms with Crippen molar-refractivity contribution in [2.24, 2.45) is 0 Å². The van der Waals surface area contributed by atoms with Crippen LogP contribution in [0.15, 0.2) is 42.5 Å². The summed E-state index contributed by atoms with van der Waals surface area (Å²) in [6.45, 7) is 9.60. The second-order valence-corrected chi connectivity index (χ2v) is 13.4. The third kappa shape index (κ3) is 7.33. The molecule has 0 radical (unpaired) electrons. The Morgan fingerprint density at radius 1 is 1.12 bits per heavy atom. The second kappa shape index (κ2) is 11.9. The number of rotatable bonds is 9. The summed E-state index contributed by atoms with van der Waals surface area (Å²) in [4.78, 5) is 12.8. The van der Waals surface area contributed by atoms with Crippen LogP contribution in [0.25, 0.3) is 11.1 Å². The maximum atomic E-state index is 12.8. The molecule has 1 heterocycles. The van der Waals surface area contributed by atoms with Crippen LogP contribution in [0.1, 0.15) is 61.1 Å². The average Bonchev–Trinajstić information content (AvgIpc) is 2.88. The summed E-state index contributed by atoms with van der Waals surface area (Å²) in [5.74, 6) is -0.0909. The summed E-state index contributed by atoms with van der Waals surface area (Å²) in [6, 6.07) is 12.9. The first-order valence-corrected chi connectivity index (χ1v) is 15.6. The topological polar surface area (TPSA) is 111 Å². The number of halogens is 1. The smallest absolute Gasteiger partial charge is 0.337 e. The van der Waals surface area contributed by atoms with Gasteiger partial charge in [-0.1, -0.05) is 29.8 Å². The van der Waals surface area contributed by atoms with Crippen LogP contribution in [0, 0.1) is 13.8 Å². The van der Waals surface area contributed by atoms with Gasteiger partial charge in [-0.05, 0) is 99.5 Å². The molecule has 10 heteroatoms. The maximum Gasteiger partial charge on any atom is 0.337 e. The lowest BCUT2D eigenvalue weighted by Gasteiger charge is -2.31. The van der Waals surface area contributed by atoms with Gasteiger partial charge in [-0.25, -0.2) is 13.2 Å². The normalized spacial score (nSPS) is 14.1. The van der Waals surface area contributed by atoms with Crippen molar-refractivity contribution in [2.45, 2.75) is 65.8 Å². The number of benzene rings is 3. The van der Waals surface area contributed by atoms with Crippen LogP contribution >= 0.6 is 11.6 Å². The minimum Gasteiger partial charge on any atom is -0.493 e. The summed E-state index contributed by atoms with van der Waals surface area (Å²) in [6.07, 6.45) is 1.35. The number of hydrogen-bond donors (Lipinski definition) is 2. The van der Waals surface area contributed by atoms with Gasteiger partial charge in [0.15, 0.2) is 6.10 Å². The number of aliphatic carboxylic acids is 1. The number of fused-ring (bicyclic) bond motifs is 1. The van der Waals surface area contributed by atoms with E-state index in [1.807, 2.05) is 30.3 Å². The van der Waals surface area contributed by atoms with Crippen molar-refractivity contribution in [3.8, 4) is 22.6 Å². The third-order valence-electron chi connectivity index (χ3n) is 6.73. The molecule has 8 nitrogen and oxygen atoms in total. The highest BCUT2D eigenvalue weighted by Gasteiger charge is 2.35. The lowest BCUT2D eigenvalue weighted by molar-refractivity contribution is -0.160. The van der Waals surface area contributed by atoms with Crippen LogP contribution in [0.4, 0.5) is 5.69 Å². The van der Waals surface area contributed by atoms with Gasteiger partial charge in [0.25, 0.3) is 0 Å². The quantitative estimate of drug-likeness (QED) is 0.276. The van der Waals surface area contributed by atoms with Crippen molar-refractivity contribution in [1.82, 2.24) is 0 Å². The molecule has 3 aromatic carbocycles. The number of sulfonamides is 1. The lowest BCUT2D eigenvalue weighted by Crippen LogP contribution is -2.29. The van der Waals surface area contributed by atoms with E-state index in [1.54, 1.807) is 46.8 Å². The first-order valence-electron chi connectivity index (χ1n) is 13.3. The SMILES string of the molecule is Cc1c(OCc2ccc(Cl)cc2)c(NS(C)(=O)=O)c(C)c(C(OC(C)(C)C)C(=O)O)c1-c1ccc2c(c1)CCCO2. The highest BCUT2D eigenvalue weighted by molar-refractivity contribution is 7.92. The van der Waals surface area contributed by atoms with Gasteiger partial charge < -0.3 is 19.3 Å². The number of nitrogens with one attached hydrogen (secondary N) is 1. The Morgan fingerprint density at radius 3 is 2.41 bits per heavy atom. The zero-order valence-electron chi connectivity index (χ0n) is 24.1. The third-order valence-corrected chi connectivity index (χ3v) is 7.56. The van der Waals surface area contributed by atoms with E-state index in [4.69, 9.17) is 25.8 Å². The molecule has 2 N–H and O–H groups in total. The van der Waals surface area contributed by atoms with Crippen molar-refractivity contribution in [3.05, 3.63) is 75.3 Å². The molecule has 0 aromatic heterocycles. The number of ether oxygens (including phenoxy) is 3. The number of aryl methyl sites for hydroxylation is 1. The Labute approximate surface area is 246 Å². The molecule has 41 heavy (non-hydrogen) atoms. The van der Waals surface area contributed by atoms with Crippen LogP contribution in [-0.4, -0.2) is 38.0 Å². The first kappa shape index (κ1) is 30.7. The molecule has 0 bridgehead atoms. The molecule has 0 saturated heterocycles. The molecule has 220 valence electrons. The lowest BCUT2D eigenvalue weighted by atomic mass is 9.85. The summed E-state index contributed by atoms with van der Waals surface area (Å²) in [5.41, 5.74) is 3.90. The number of carboxylic acid groups (broad SMARTS) is 1. The molecule has 1 aliphatic rings. The van der Waals surface area contributed by atoms with E-state index < -0.39 is 27.7 Å². The van der Waals surface area contributed by atoms with Crippen molar-refractivity contribution in [2.75, 3.05) is 17.6 Å². The fraction of sp³-hybridized carbons (Fsp3) is 0.387. The predicted octanol–water partition coefficient (Wildman–Crippen LogP) is 6.84. The first-order chi connectivity index (χ1) is 19.1. The number of carboxylic acids is 1. The van der Waals surface area contributed by atoms with E-state index in [2.05, 4.69) is 4.72 Å². The minimum absolute atomic E-state index is 0.132. The highest BCUT2D eigenvalue weighted by atomic mass is 35.5. The fourth-order valence-electron chi connectivity index (χ4n) is 5.02. The van der Waals surface area contributed by atoms with Crippen molar-refractivity contribution in [3.63, 3.8) is 0 Å². The van der Waals surface area contributed by atoms with Gasteiger partial charge in [0.2, 0.25) is 10.0 Å². The molecule has 4 rings (SSSR count). The summed E-state index contributed by atoms with van der Waals surface area (Å²) in [5, 5.41) is 11.0. The van der Waals surface area contributed by atoms with Crippen LogP contribution in [0.5, 0.6) is 11.5 Å². The van der Waals surface area contributed by atoms with Crippen molar-refractivity contribution >= 4 is 33.3 Å². The molecule has 1 unspecified atom stereocenters. The van der Waals surface area contributed by atoms with Gasteiger partial charge in [-0.3, -0.25) is 4.72 Å². The molecule has 0 fully saturated rings. The number of anilines is 1. The van der Waals surface area contributed by atoms with E-state index in [-0.39, 0.29) is 12.3 Å². The number of hydrogen-bond acceptors (Lipinski definition) is 6. The number of carbonyl (C=O) groups is 1. The van der Waals surface area contributed by atoms with E-state index in [0.717, 1.165) is 41.5 Å². The maximum absolute atomic E-state index is 12.8. The van der Waals surface area contributed by atoms with Gasteiger partial charge >= 0.3 is 5.97 Å². The van der Waals surface area contributed by atoms with Crippen LogP contribution in [0.3, 0.4) is 0 Å². The molecule has 0 aliphatic carbocycles. The largest absolute Gasteiger partial charge is 0.493 e. The van der Waals surface area contributed by atoms with Gasteiger partial charge in [0, 0.05) is 16.1 Å². The Bertz CT molecular complexity index is 1560. The van der Waals surface area contributed by atoms with E-state index >= 15 is 0 Å². The standard InChI is InChI=1S/C31H36ClNO7S/c1-18-26(29(30(34)35)40-31(3,4)5)25(22-11-14-24-21(16-22)8-7-15-38-24)19(2)28(27(18)33-41(6,36)37)39-17-20-9-12-23(32)13-10-20/h9-14,16,29,33H,7-8,15,17H2,1-6H3,(H,34,35). The molecular weight excluding hydrogens is 566 g/mol. The predicted molar refractivity (Wildman–Crippen MR) is 161 cm³/mol. The highest BCUT2D eigenvalue weighted by Crippen LogP contribution is 2.47. The summed E-state index contributed by atoms with van der Waals surface area (Å²) < 4.78 is 45.9. The summed E-state index contributed by atoms with van der Waals surface area (Å²) >= 11 is 6.04. The Morgan fingerprint density at radius 2 is 1.80 bits per heavy atom. The van der Waals surface area contributed by atoms with Crippen molar-refractivity contribution < 1.29 is 32.5 Å². The van der Waals surface area contributed by atoms with Gasteiger partial charge in [-0.2, -0.15) is 0 Å². The van der Waals surface area contributed by atoms with E-state index in [9.17, 15) is 18.3 Å². The zero-order valence-corrected chi connectivity index (χ0v) is 25.7. The second-order valence-electron chi connectivity index (χ2n) is 11.3. The zero-order chi connectivity index (χ0) is 30.1. The molecular formula is C31H36ClNO7S. The van der Waals surface area contributed by atoms with Gasteiger partial charge in [0.1, 0.15) is 18.1 Å². The molecule has 0 saturated carbocycles. The van der Waals surface area contributed by atoms with E-state index in [0.29, 0.717) is 39.6 Å². The summed E-state index contributed by atoms with van der Waals surface area (Å²) in [7, 11) is -3.77.